The van der Waals surface area contributed by atoms with Gasteiger partial charge in [0.1, 0.15) is 6.07 Å². The summed E-state index contributed by atoms with van der Waals surface area (Å²) >= 11 is 10.1. The van der Waals surface area contributed by atoms with Crippen molar-refractivity contribution in [1.82, 2.24) is 0 Å². The largest absolute Gasteiger partial charge is 0.320 e. The third-order valence-electron chi connectivity index (χ3n) is 4.00. The SMILES string of the molecule is CN(c1ccc(Cl)cc1)S(=O)(=O)c1csc(C(=O)Nc2ccc(Br)cc2C#N)c1. The third-order valence-corrected chi connectivity index (χ3v) is 7.58. The van der Waals surface area contributed by atoms with Gasteiger partial charge >= 0.3 is 0 Å². The van der Waals surface area contributed by atoms with Crippen LogP contribution in [0, 0.1) is 11.3 Å². The Hall–Kier alpha value is -2.38. The van der Waals surface area contributed by atoms with Gasteiger partial charge in [-0.25, -0.2) is 8.42 Å². The molecule has 1 heterocycles. The van der Waals surface area contributed by atoms with E-state index in [0.29, 0.717) is 26.4 Å². The molecule has 0 spiro atoms. The van der Waals surface area contributed by atoms with Crippen LogP contribution in [-0.2, 0) is 10.0 Å². The molecular weight excluding hydrogens is 498 g/mol. The van der Waals surface area contributed by atoms with Crippen LogP contribution >= 0.6 is 38.9 Å². The number of carbonyl (C=O) groups is 1. The lowest BCUT2D eigenvalue weighted by atomic mass is 10.2. The predicted octanol–water partition coefficient (Wildman–Crippen LogP) is 5.11. The number of thiophene rings is 1. The highest BCUT2D eigenvalue weighted by atomic mass is 79.9. The van der Waals surface area contributed by atoms with Crippen molar-refractivity contribution in [2.75, 3.05) is 16.7 Å². The molecule has 0 fully saturated rings. The molecule has 0 aliphatic carbocycles. The van der Waals surface area contributed by atoms with Crippen LogP contribution in [0.4, 0.5) is 11.4 Å². The zero-order valence-corrected chi connectivity index (χ0v) is 18.9. The zero-order valence-electron chi connectivity index (χ0n) is 14.9. The number of rotatable bonds is 5. The number of benzene rings is 2. The summed E-state index contributed by atoms with van der Waals surface area (Å²) in [5.41, 5.74) is 1.08. The quantitative estimate of drug-likeness (QED) is 0.516. The van der Waals surface area contributed by atoms with Gasteiger partial charge in [0.2, 0.25) is 0 Å². The number of carbonyl (C=O) groups excluding carboxylic acids is 1. The molecule has 3 rings (SSSR count). The number of halogens is 2. The van der Waals surface area contributed by atoms with Gasteiger partial charge in [-0.2, -0.15) is 5.26 Å². The number of hydrogen-bond acceptors (Lipinski definition) is 5. The first kappa shape index (κ1) is 21.3. The van der Waals surface area contributed by atoms with E-state index in [2.05, 4.69) is 21.2 Å². The zero-order chi connectivity index (χ0) is 21.2. The molecule has 2 aromatic carbocycles. The molecule has 3 aromatic rings. The number of anilines is 2. The summed E-state index contributed by atoms with van der Waals surface area (Å²) in [5, 5.41) is 13.8. The van der Waals surface area contributed by atoms with E-state index in [1.165, 1.54) is 18.5 Å². The summed E-state index contributed by atoms with van der Waals surface area (Å²) < 4.78 is 27.6. The molecule has 0 aliphatic heterocycles. The second-order valence-corrected chi connectivity index (χ2v) is 10.1. The van der Waals surface area contributed by atoms with E-state index >= 15 is 0 Å². The van der Waals surface area contributed by atoms with E-state index < -0.39 is 15.9 Å². The van der Waals surface area contributed by atoms with Gasteiger partial charge in [0.15, 0.2) is 0 Å². The van der Waals surface area contributed by atoms with E-state index in [9.17, 15) is 18.5 Å². The van der Waals surface area contributed by atoms with Gasteiger partial charge in [-0.15, -0.1) is 11.3 Å². The van der Waals surface area contributed by atoms with E-state index in [1.54, 1.807) is 42.5 Å². The lowest BCUT2D eigenvalue weighted by molar-refractivity contribution is 0.103. The summed E-state index contributed by atoms with van der Waals surface area (Å²) in [7, 11) is -2.42. The molecule has 0 aliphatic rings. The Bertz CT molecular complexity index is 1220. The Kier molecular flexibility index (Phi) is 6.29. The second-order valence-electron chi connectivity index (χ2n) is 5.85. The van der Waals surface area contributed by atoms with E-state index in [4.69, 9.17) is 11.6 Å². The van der Waals surface area contributed by atoms with Crippen molar-refractivity contribution < 1.29 is 13.2 Å². The van der Waals surface area contributed by atoms with Gasteiger partial charge in [0, 0.05) is 21.9 Å². The Balaban J connectivity index is 1.83. The molecule has 0 saturated heterocycles. The molecule has 1 aromatic heterocycles. The van der Waals surface area contributed by atoms with Gasteiger partial charge in [0.05, 0.1) is 26.7 Å². The fourth-order valence-corrected chi connectivity index (χ4v) is 5.26. The van der Waals surface area contributed by atoms with Crippen LogP contribution in [0.1, 0.15) is 15.2 Å². The van der Waals surface area contributed by atoms with Crippen molar-refractivity contribution >= 4 is 66.2 Å². The second kappa shape index (κ2) is 8.55. The number of sulfonamides is 1. The number of nitrogens with zero attached hydrogens (tertiary/aromatic N) is 2. The van der Waals surface area contributed by atoms with Gasteiger partial charge in [0.25, 0.3) is 15.9 Å². The lowest BCUT2D eigenvalue weighted by Gasteiger charge is -2.18. The van der Waals surface area contributed by atoms with Gasteiger partial charge in [-0.3, -0.25) is 9.10 Å². The standard InChI is InChI=1S/C19H13BrClN3O3S2/c1-24(15-5-3-14(21)4-6-15)29(26,27)16-9-18(28-11-16)19(25)23-17-7-2-13(20)8-12(17)10-22/h2-9,11H,1H3,(H,23,25). The summed E-state index contributed by atoms with van der Waals surface area (Å²) in [4.78, 5) is 12.7. The van der Waals surface area contributed by atoms with E-state index in [0.717, 1.165) is 15.6 Å². The molecule has 0 radical (unpaired) electrons. The molecule has 10 heteroatoms. The molecule has 1 N–H and O–H groups in total. The number of nitriles is 1. The highest BCUT2D eigenvalue weighted by Gasteiger charge is 2.24. The number of hydrogen-bond donors (Lipinski definition) is 1. The van der Waals surface area contributed by atoms with Crippen LogP contribution in [-0.4, -0.2) is 21.4 Å². The highest BCUT2D eigenvalue weighted by molar-refractivity contribution is 9.10. The first-order valence-electron chi connectivity index (χ1n) is 8.06. The molecule has 0 saturated carbocycles. The fraction of sp³-hybridized carbons (Fsp3) is 0.0526. The highest BCUT2D eigenvalue weighted by Crippen LogP contribution is 2.28. The van der Waals surface area contributed by atoms with E-state index in [1.807, 2.05) is 6.07 Å². The van der Waals surface area contributed by atoms with Gasteiger partial charge < -0.3 is 5.32 Å². The first-order chi connectivity index (χ1) is 13.7. The molecular formula is C19H13BrClN3O3S2. The summed E-state index contributed by atoms with van der Waals surface area (Å²) in [6, 6.07) is 14.6. The van der Waals surface area contributed by atoms with Gasteiger partial charge in [-0.1, -0.05) is 27.5 Å². The number of nitrogens with one attached hydrogen (secondary N) is 1. The van der Waals surface area contributed by atoms with Crippen LogP contribution in [0.3, 0.4) is 0 Å². The Morgan fingerprint density at radius 1 is 1.21 bits per heavy atom. The topological polar surface area (TPSA) is 90.3 Å². The van der Waals surface area contributed by atoms with Crippen LogP contribution < -0.4 is 9.62 Å². The molecule has 0 bridgehead atoms. The third kappa shape index (κ3) is 4.62. The molecule has 29 heavy (non-hydrogen) atoms. The van der Waals surface area contributed by atoms with Crippen LogP contribution in [0.15, 0.2) is 63.3 Å². The van der Waals surface area contributed by atoms with Crippen molar-refractivity contribution in [3.05, 3.63) is 73.8 Å². The minimum absolute atomic E-state index is 0.00131. The fourth-order valence-electron chi connectivity index (χ4n) is 2.42. The number of amides is 1. The molecule has 6 nitrogen and oxygen atoms in total. The minimum Gasteiger partial charge on any atom is -0.320 e. The lowest BCUT2D eigenvalue weighted by Crippen LogP contribution is -2.26. The maximum Gasteiger partial charge on any atom is 0.265 e. The van der Waals surface area contributed by atoms with Crippen molar-refractivity contribution in [3.8, 4) is 6.07 Å². The monoisotopic (exact) mass is 509 g/mol. The average molecular weight is 511 g/mol. The van der Waals surface area contributed by atoms with Crippen LogP contribution in [0.2, 0.25) is 5.02 Å². The smallest absolute Gasteiger partial charge is 0.265 e. The predicted molar refractivity (Wildman–Crippen MR) is 118 cm³/mol. The molecule has 148 valence electrons. The maximum absolute atomic E-state index is 12.9. The Morgan fingerprint density at radius 3 is 2.55 bits per heavy atom. The molecule has 1 amide bonds. The van der Waals surface area contributed by atoms with Gasteiger partial charge in [-0.05, 0) is 48.5 Å². The first-order valence-corrected chi connectivity index (χ1v) is 11.6. The maximum atomic E-state index is 12.9. The van der Waals surface area contributed by atoms with Crippen LogP contribution in [0.5, 0.6) is 0 Å². The Labute approximate surface area is 185 Å². The minimum atomic E-state index is -3.85. The van der Waals surface area contributed by atoms with Crippen molar-refractivity contribution in [3.63, 3.8) is 0 Å². The van der Waals surface area contributed by atoms with E-state index in [-0.39, 0.29) is 9.77 Å². The summed E-state index contributed by atoms with van der Waals surface area (Å²) in [6.45, 7) is 0. The normalized spacial score (nSPS) is 11.0. The molecule has 0 unspecified atom stereocenters. The summed E-state index contributed by atoms with van der Waals surface area (Å²) in [6.07, 6.45) is 0. The summed E-state index contributed by atoms with van der Waals surface area (Å²) in [5.74, 6) is -0.496. The molecule has 0 atom stereocenters. The Morgan fingerprint density at radius 2 is 1.90 bits per heavy atom. The van der Waals surface area contributed by atoms with Crippen LogP contribution in [0.25, 0.3) is 0 Å². The van der Waals surface area contributed by atoms with Crippen molar-refractivity contribution in [2.45, 2.75) is 4.90 Å². The average Bonchev–Trinajstić information content (AvgIpc) is 3.20. The van der Waals surface area contributed by atoms with Crippen molar-refractivity contribution in [1.29, 1.82) is 5.26 Å². The van der Waals surface area contributed by atoms with Crippen molar-refractivity contribution in [2.24, 2.45) is 0 Å².